The molecular formula is C8H6BrF3. The lowest BCUT2D eigenvalue weighted by Crippen LogP contribution is -1.92. The van der Waals surface area contributed by atoms with E-state index in [2.05, 4.69) is 15.9 Å². The maximum atomic E-state index is 12.9. The Balaban J connectivity index is 3.28. The van der Waals surface area contributed by atoms with E-state index in [4.69, 9.17) is 0 Å². The average molecular weight is 239 g/mol. The van der Waals surface area contributed by atoms with Gasteiger partial charge in [0.1, 0.15) is 5.82 Å². The fourth-order valence-corrected chi connectivity index (χ4v) is 1.50. The Bertz CT molecular complexity index is 297. The minimum atomic E-state index is -2.76. The average Bonchev–Trinajstić information content (AvgIpc) is 1.96. The fourth-order valence-electron chi connectivity index (χ4n) is 0.910. The Labute approximate surface area is 76.5 Å². The van der Waals surface area contributed by atoms with Crippen molar-refractivity contribution >= 4 is 15.9 Å². The molecule has 0 amide bonds. The lowest BCUT2D eigenvalue weighted by Gasteiger charge is -2.04. The number of halogens is 4. The molecule has 0 saturated heterocycles. The molecule has 66 valence electrons. The van der Waals surface area contributed by atoms with Gasteiger partial charge < -0.3 is 0 Å². The molecule has 0 atom stereocenters. The summed E-state index contributed by atoms with van der Waals surface area (Å²) in [5.74, 6) is -0.879. The van der Waals surface area contributed by atoms with Crippen LogP contribution in [0.15, 0.2) is 16.6 Å². The number of alkyl halides is 2. The van der Waals surface area contributed by atoms with Crippen LogP contribution in [0.4, 0.5) is 13.2 Å². The maximum absolute atomic E-state index is 12.9. The van der Waals surface area contributed by atoms with Gasteiger partial charge in [-0.05, 0) is 40.5 Å². The summed E-state index contributed by atoms with van der Waals surface area (Å²) < 4.78 is 37.2. The van der Waals surface area contributed by atoms with E-state index in [0.717, 1.165) is 6.07 Å². The zero-order valence-corrected chi connectivity index (χ0v) is 7.83. The molecule has 1 aromatic carbocycles. The van der Waals surface area contributed by atoms with Crippen LogP contribution in [-0.2, 0) is 0 Å². The topological polar surface area (TPSA) is 0 Å². The normalized spacial score (nSPS) is 10.8. The molecule has 12 heavy (non-hydrogen) atoms. The van der Waals surface area contributed by atoms with Crippen LogP contribution in [0.25, 0.3) is 0 Å². The van der Waals surface area contributed by atoms with Gasteiger partial charge in [0.2, 0.25) is 0 Å². The van der Waals surface area contributed by atoms with Crippen molar-refractivity contribution in [2.75, 3.05) is 0 Å². The summed E-state index contributed by atoms with van der Waals surface area (Å²) in [6.07, 6.45) is -2.76. The molecule has 0 saturated carbocycles. The minimum absolute atomic E-state index is 0.0813. The number of benzene rings is 1. The van der Waals surface area contributed by atoms with E-state index < -0.39 is 17.8 Å². The van der Waals surface area contributed by atoms with Crippen molar-refractivity contribution in [3.8, 4) is 0 Å². The van der Waals surface area contributed by atoms with Gasteiger partial charge in [0.25, 0.3) is 6.43 Å². The van der Waals surface area contributed by atoms with E-state index in [1.165, 1.54) is 6.07 Å². The molecule has 0 aliphatic heterocycles. The molecule has 1 aromatic rings. The van der Waals surface area contributed by atoms with Gasteiger partial charge in [-0.25, -0.2) is 13.2 Å². The van der Waals surface area contributed by atoms with E-state index in [1.54, 1.807) is 6.92 Å². The second kappa shape index (κ2) is 3.47. The first kappa shape index (κ1) is 9.58. The Morgan fingerprint density at radius 3 is 2.42 bits per heavy atom. The van der Waals surface area contributed by atoms with E-state index in [0.29, 0.717) is 5.56 Å². The standard InChI is InChI=1S/C8H6BrF3/c1-4-2-5(8(11)12)7(10)6(9)3-4/h2-3,8H,1H3. The highest BCUT2D eigenvalue weighted by Gasteiger charge is 2.15. The summed E-state index contributed by atoms with van der Waals surface area (Å²) in [5, 5.41) is 0. The number of hydrogen-bond acceptors (Lipinski definition) is 0. The first-order valence-corrected chi connectivity index (χ1v) is 4.05. The van der Waals surface area contributed by atoms with E-state index in [-0.39, 0.29) is 4.47 Å². The summed E-state index contributed by atoms with van der Waals surface area (Å²) in [6, 6.07) is 2.60. The van der Waals surface area contributed by atoms with Crippen LogP contribution in [0, 0.1) is 12.7 Å². The van der Waals surface area contributed by atoms with Crippen molar-refractivity contribution in [2.24, 2.45) is 0 Å². The number of hydrogen-bond donors (Lipinski definition) is 0. The molecule has 0 aliphatic carbocycles. The quantitative estimate of drug-likeness (QED) is 0.698. The van der Waals surface area contributed by atoms with Gasteiger partial charge in [0.15, 0.2) is 0 Å². The fraction of sp³-hybridized carbons (Fsp3) is 0.250. The first-order chi connectivity index (χ1) is 5.52. The van der Waals surface area contributed by atoms with Gasteiger partial charge >= 0.3 is 0 Å². The summed E-state index contributed by atoms with van der Waals surface area (Å²) in [6.45, 7) is 1.64. The molecule has 0 aliphatic rings. The van der Waals surface area contributed by atoms with Crippen molar-refractivity contribution in [3.63, 3.8) is 0 Å². The van der Waals surface area contributed by atoms with Crippen LogP contribution in [0.1, 0.15) is 17.6 Å². The van der Waals surface area contributed by atoms with Crippen molar-refractivity contribution in [2.45, 2.75) is 13.3 Å². The Morgan fingerprint density at radius 1 is 1.33 bits per heavy atom. The third kappa shape index (κ3) is 1.80. The molecular weight excluding hydrogens is 233 g/mol. The molecule has 0 radical (unpaired) electrons. The van der Waals surface area contributed by atoms with Gasteiger partial charge in [-0.3, -0.25) is 0 Å². The van der Waals surface area contributed by atoms with Crippen LogP contribution >= 0.6 is 15.9 Å². The Kier molecular flexibility index (Phi) is 2.77. The summed E-state index contributed by atoms with van der Waals surface area (Å²) in [7, 11) is 0. The van der Waals surface area contributed by atoms with E-state index in [1.807, 2.05) is 0 Å². The zero-order chi connectivity index (χ0) is 9.30. The Morgan fingerprint density at radius 2 is 1.92 bits per heavy atom. The molecule has 0 bridgehead atoms. The van der Waals surface area contributed by atoms with Gasteiger partial charge in [0, 0.05) is 0 Å². The SMILES string of the molecule is Cc1cc(Br)c(F)c(C(F)F)c1. The highest BCUT2D eigenvalue weighted by Crippen LogP contribution is 2.28. The third-order valence-electron chi connectivity index (χ3n) is 1.44. The van der Waals surface area contributed by atoms with Gasteiger partial charge in [-0.1, -0.05) is 0 Å². The van der Waals surface area contributed by atoms with Crippen molar-refractivity contribution in [1.82, 2.24) is 0 Å². The molecule has 0 N–H and O–H groups in total. The van der Waals surface area contributed by atoms with Crippen LogP contribution < -0.4 is 0 Å². The molecule has 0 heterocycles. The summed E-state index contributed by atoms with van der Waals surface area (Å²) in [4.78, 5) is 0. The molecule has 4 heteroatoms. The first-order valence-electron chi connectivity index (χ1n) is 3.26. The van der Waals surface area contributed by atoms with Gasteiger partial charge in [-0.15, -0.1) is 0 Å². The Hall–Kier alpha value is -0.510. The smallest absolute Gasteiger partial charge is 0.205 e. The number of aryl methyl sites for hydroxylation is 1. The number of rotatable bonds is 1. The van der Waals surface area contributed by atoms with Crippen molar-refractivity contribution in [3.05, 3.63) is 33.5 Å². The van der Waals surface area contributed by atoms with E-state index in [9.17, 15) is 13.2 Å². The van der Waals surface area contributed by atoms with Crippen molar-refractivity contribution in [1.29, 1.82) is 0 Å². The monoisotopic (exact) mass is 238 g/mol. The largest absolute Gasteiger partial charge is 0.266 e. The van der Waals surface area contributed by atoms with Crippen LogP contribution in [0.3, 0.4) is 0 Å². The lowest BCUT2D eigenvalue weighted by atomic mass is 10.1. The zero-order valence-electron chi connectivity index (χ0n) is 6.24. The second-order valence-electron chi connectivity index (χ2n) is 2.45. The molecule has 0 nitrogen and oxygen atoms in total. The molecule has 0 fully saturated rings. The summed E-state index contributed by atoms with van der Waals surface area (Å²) >= 11 is 2.86. The molecule has 1 rings (SSSR count). The maximum Gasteiger partial charge on any atom is 0.266 e. The second-order valence-corrected chi connectivity index (χ2v) is 3.30. The summed E-state index contributed by atoms with van der Waals surface area (Å²) in [5.41, 5.74) is 0.0560. The van der Waals surface area contributed by atoms with Crippen molar-refractivity contribution < 1.29 is 13.2 Å². The lowest BCUT2D eigenvalue weighted by molar-refractivity contribution is 0.146. The van der Waals surface area contributed by atoms with Crippen LogP contribution in [-0.4, -0.2) is 0 Å². The van der Waals surface area contributed by atoms with E-state index >= 15 is 0 Å². The van der Waals surface area contributed by atoms with Gasteiger partial charge in [0.05, 0.1) is 10.0 Å². The molecule has 0 spiro atoms. The highest BCUT2D eigenvalue weighted by molar-refractivity contribution is 9.10. The highest BCUT2D eigenvalue weighted by atomic mass is 79.9. The predicted molar refractivity (Wildman–Crippen MR) is 43.8 cm³/mol. The third-order valence-corrected chi connectivity index (χ3v) is 2.01. The minimum Gasteiger partial charge on any atom is -0.205 e. The predicted octanol–water partition coefficient (Wildman–Crippen LogP) is 3.83. The van der Waals surface area contributed by atoms with Gasteiger partial charge in [-0.2, -0.15) is 0 Å². The molecule has 0 unspecified atom stereocenters. The van der Waals surface area contributed by atoms with Crippen LogP contribution in [0.5, 0.6) is 0 Å². The molecule has 0 aromatic heterocycles. The van der Waals surface area contributed by atoms with Crippen LogP contribution in [0.2, 0.25) is 0 Å².